The molecule has 3 aromatic heterocycles. The lowest BCUT2D eigenvalue weighted by atomic mass is 10.0. The molecule has 0 radical (unpaired) electrons. The molecule has 48 heavy (non-hydrogen) atoms. The average Bonchev–Trinajstić information content (AvgIpc) is 3.62. The molecule has 3 heterocycles. The molecular weight excluding hydrogens is 675 g/mol. The van der Waals surface area contributed by atoms with E-state index in [2.05, 4.69) is 13.7 Å². The van der Waals surface area contributed by atoms with E-state index in [0.29, 0.717) is 19.6 Å². The largest absolute Gasteiger partial charge is 0.340 e. The van der Waals surface area contributed by atoms with Crippen molar-refractivity contribution in [2.75, 3.05) is 18.5 Å². The van der Waals surface area contributed by atoms with Crippen LogP contribution in [-0.2, 0) is 33.3 Å². The average molecular weight is 712 g/mol. The van der Waals surface area contributed by atoms with Crippen LogP contribution in [0, 0.1) is 0 Å². The van der Waals surface area contributed by atoms with Crippen LogP contribution in [0.5, 0.6) is 0 Å². The topological polar surface area (TPSA) is 187 Å². The van der Waals surface area contributed by atoms with E-state index < -0.39 is 22.8 Å². The molecule has 7 rings (SSSR count). The summed E-state index contributed by atoms with van der Waals surface area (Å²) in [6, 6.07) is 23.7. The summed E-state index contributed by atoms with van der Waals surface area (Å²) in [4.78, 5) is 58.3. The highest BCUT2D eigenvalue weighted by Crippen LogP contribution is 2.49. The van der Waals surface area contributed by atoms with Gasteiger partial charge in [0.1, 0.15) is 0 Å². The van der Waals surface area contributed by atoms with Crippen LogP contribution in [0.15, 0.2) is 72.8 Å². The molecule has 0 amide bonds. The molecule has 6 N–H and O–H groups in total. The minimum atomic E-state index is -4.27. The molecule has 252 valence electrons. The zero-order valence-electron chi connectivity index (χ0n) is 25.9. The third-order valence-corrected chi connectivity index (χ3v) is 11.8. The third-order valence-electron chi connectivity index (χ3n) is 9.12. The molecule has 0 aliphatic rings. The van der Waals surface area contributed by atoms with Crippen LogP contribution in [0.2, 0.25) is 0 Å². The van der Waals surface area contributed by atoms with E-state index in [1.807, 2.05) is 72.8 Å². The van der Waals surface area contributed by atoms with Crippen molar-refractivity contribution in [1.29, 1.82) is 0 Å². The number of rotatable bonds is 12. The number of benzene rings is 4. The van der Waals surface area contributed by atoms with E-state index in [-0.39, 0.29) is 37.7 Å². The van der Waals surface area contributed by atoms with Crippen molar-refractivity contribution >= 4 is 88.2 Å². The lowest BCUT2D eigenvalue weighted by Gasteiger charge is -2.14. The van der Waals surface area contributed by atoms with Gasteiger partial charge < -0.3 is 43.1 Å². The molecule has 7 aromatic rings. The monoisotopic (exact) mass is 711 g/mol. The van der Waals surface area contributed by atoms with Crippen molar-refractivity contribution in [3.05, 3.63) is 72.8 Å². The Labute approximate surface area is 274 Å². The normalized spacial score (nSPS) is 13.4. The van der Waals surface area contributed by atoms with Crippen LogP contribution in [-0.4, -0.2) is 61.5 Å². The summed E-state index contributed by atoms with van der Waals surface area (Å²) in [5, 5.41) is 5.63. The quantitative estimate of drug-likeness (QED) is 0.0749. The van der Waals surface area contributed by atoms with Gasteiger partial charge in [-0.15, -0.1) is 0 Å². The summed E-state index contributed by atoms with van der Waals surface area (Å²) in [5.41, 5.74) is 5.24. The maximum Gasteiger partial charge on any atom is 0.325 e. The first-order valence-corrected chi connectivity index (χ1v) is 21.1. The summed E-state index contributed by atoms with van der Waals surface area (Å²) in [6.07, 6.45) is -0.170. The molecule has 0 saturated heterocycles. The number of aryl methyl sites for hydroxylation is 3. The summed E-state index contributed by atoms with van der Waals surface area (Å²) < 4.78 is 42.1. The molecule has 0 unspecified atom stereocenters. The van der Waals surface area contributed by atoms with Gasteiger partial charge in [0, 0.05) is 68.5 Å². The molecule has 4 aromatic carbocycles. The number of para-hydroxylation sites is 3. The maximum atomic E-state index is 11.9. The Balaban J connectivity index is 1.67. The van der Waals surface area contributed by atoms with Crippen LogP contribution >= 0.6 is 22.8 Å². The van der Waals surface area contributed by atoms with E-state index in [0.717, 1.165) is 65.4 Å². The number of hydrogen-bond acceptors (Lipinski definition) is 3. The van der Waals surface area contributed by atoms with Crippen LogP contribution in [0.4, 0.5) is 0 Å². The van der Waals surface area contributed by atoms with Crippen molar-refractivity contribution in [1.82, 2.24) is 13.7 Å². The Kier molecular flexibility index (Phi) is 8.48. The second-order valence-corrected chi connectivity index (χ2v) is 17.7. The predicted octanol–water partition coefficient (Wildman–Crippen LogP) is 6.71. The van der Waals surface area contributed by atoms with Gasteiger partial charge in [-0.25, -0.2) is 0 Å². The van der Waals surface area contributed by atoms with Crippen LogP contribution < -0.4 is 0 Å². The van der Waals surface area contributed by atoms with Crippen molar-refractivity contribution in [3.63, 3.8) is 0 Å². The standard InChI is InChI=1S/C33H36N3O9P3/c37-46(38,39)19-7-16-34-25-13-4-1-10-22(25)28-29-23-11-2-5-14-26(23)35(17-8-20-47(40,41)42)32(29)33-30(31(28)34)24-12-3-6-15-27(24)36(33)18-9-21-48(43,44)45/h1-6,10-15H,7-9,16-21H2,(H2,37,38,39)(H2,40,41,42)(H2,43,44,45). The van der Waals surface area contributed by atoms with Crippen LogP contribution in [0.1, 0.15) is 19.3 Å². The fraction of sp³-hybridized carbons (Fsp3) is 0.273. The highest BCUT2D eigenvalue weighted by Gasteiger charge is 2.28. The first-order chi connectivity index (χ1) is 22.7. The van der Waals surface area contributed by atoms with E-state index in [1.165, 1.54) is 0 Å². The highest BCUT2D eigenvalue weighted by molar-refractivity contribution is 7.52. The van der Waals surface area contributed by atoms with Gasteiger partial charge in [-0.1, -0.05) is 54.6 Å². The van der Waals surface area contributed by atoms with Gasteiger partial charge in [0.15, 0.2) is 0 Å². The molecule has 0 aliphatic carbocycles. The van der Waals surface area contributed by atoms with Crippen LogP contribution in [0.3, 0.4) is 0 Å². The summed E-state index contributed by atoms with van der Waals surface area (Å²) in [6.45, 7) is 0.965. The Hall–Kier alpha value is -3.27. The lowest BCUT2D eigenvalue weighted by molar-refractivity contribution is 0.368. The maximum absolute atomic E-state index is 11.9. The molecule has 0 saturated carbocycles. The predicted molar refractivity (Wildman–Crippen MR) is 190 cm³/mol. The van der Waals surface area contributed by atoms with E-state index in [9.17, 15) is 43.1 Å². The second kappa shape index (κ2) is 12.3. The minimum absolute atomic E-state index is 0.210. The smallest absolute Gasteiger partial charge is 0.325 e. The molecule has 0 bridgehead atoms. The van der Waals surface area contributed by atoms with E-state index in [4.69, 9.17) is 0 Å². The zero-order valence-corrected chi connectivity index (χ0v) is 28.6. The molecule has 15 heteroatoms. The molecule has 0 fully saturated rings. The first kappa shape index (κ1) is 33.2. The Morgan fingerprint density at radius 2 is 0.708 bits per heavy atom. The molecule has 0 aliphatic heterocycles. The van der Waals surface area contributed by atoms with Crippen molar-refractivity contribution in [2.24, 2.45) is 0 Å². The lowest BCUT2D eigenvalue weighted by Crippen LogP contribution is -2.05. The summed E-state index contributed by atoms with van der Waals surface area (Å²) in [7, 11) is -12.8. The SMILES string of the molecule is O=P(O)(O)CCCn1c2ccccc2c2c3c4ccccc4n(CCCP(=O)(O)O)c3c3c(c4ccccc4n3CCCP(=O)(O)O)c21. The van der Waals surface area contributed by atoms with Gasteiger partial charge >= 0.3 is 22.8 Å². The van der Waals surface area contributed by atoms with Gasteiger partial charge in [-0.3, -0.25) is 13.7 Å². The highest BCUT2D eigenvalue weighted by atomic mass is 31.2. The second-order valence-electron chi connectivity index (χ2n) is 12.4. The third kappa shape index (κ3) is 6.07. The van der Waals surface area contributed by atoms with Crippen molar-refractivity contribution in [2.45, 2.75) is 38.9 Å². The van der Waals surface area contributed by atoms with Crippen molar-refractivity contribution < 1.29 is 43.1 Å². The number of fused-ring (bicyclic) bond motifs is 12. The minimum Gasteiger partial charge on any atom is -0.340 e. The van der Waals surface area contributed by atoms with Gasteiger partial charge in [0.2, 0.25) is 0 Å². The fourth-order valence-corrected chi connectivity index (χ4v) is 9.07. The summed E-state index contributed by atoms with van der Waals surface area (Å²) >= 11 is 0. The van der Waals surface area contributed by atoms with E-state index in [1.54, 1.807) is 0 Å². The summed E-state index contributed by atoms with van der Waals surface area (Å²) in [5.74, 6) is 0. The molecular formula is C33H36N3O9P3. The van der Waals surface area contributed by atoms with Gasteiger partial charge in [0.25, 0.3) is 0 Å². The van der Waals surface area contributed by atoms with Gasteiger partial charge in [0.05, 0.1) is 35.0 Å². The Morgan fingerprint density at radius 3 is 1.08 bits per heavy atom. The first-order valence-electron chi connectivity index (χ1n) is 15.7. The van der Waals surface area contributed by atoms with Gasteiger partial charge in [-0.05, 0) is 37.5 Å². The van der Waals surface area contributed by atoms with Gasteiger partial charge in [-0.2, -0.15) is 0 Å². The Morgan fingerprint density at radius 1 is 0.417 bits per heavy atom. The van der Waals surface area contributed by atoms with E-state index >= 15 is 0 Å². The molecule has 0 spiro atoms. The van der Waals surface area contributed by atoms with Crippen molar-refractivity contribution in [3.8, 4) is 0 Å². The number of hydrogen-bond donors (Lipinski definition) is 6. The molecule has 12 nitrogen and oxygen atoms in total. The zero-order chi connectivity index (χ0) is 34.0. The fourth-order valence-electron chi connectivity index (χ4n) is 7.41. The molecule has 0 atom stereocenters. The Bertz CT molecular complexity index is 2520. The number of nitrogens with zero attached hydrogens (tertiary/aromatic N) is 3. The van der Waals surface area contributed by atoms with Crippen LogP contribution in [0.25, 0.3) is 65.4 Å². The number of aromatic nitrogens is 3.